The summed E-state index contributed by atoms with van der Waals surface area (Å²) in [4.78, 5) is 4.05. The second kappa shape index (κ2) is 5.31. The first-order valence-electron chi connectivity index (χ1n) is 6.12. The number of benzene rings is 2. The van der Waals surface area contributed by atoms with Crippen molar-refractivity contribution in [3.63, 3.8) is 0 Å². The van der Waals surface area contributed by atoms with E-state index in [0.29, 0.717) is 10.0 Å². The lowest BCUT2D eigenvalue weighted by Crippen LogP contribution is -2.03. The summed E-state index contributed by atoms with van der Waals surface area (Å²) in [5.41, 5.74) is 0.934. The molecular weight excluding hydrogens is 321 g/mol. The normalized spacial score (nSPS) is 12.6. The van der Waals surface area contributed by atoms with Crippen molar-refractivity contribution >= 4 is 26.7 Å². The molecule has 4 heteroatoms. The van der Waals surface area contributed by atoms with Gasteiger partial charge in [0, 0.05) is 27.8 Å². The molecule has 0 aliphatic rings. The summed E-state index contributed by atoms with van der Waals surface area (Å²) in [6.45, 7) is 0. The highest BCUT2D eigenvalue weighted by molar-refractivity contribution is 9.10. The Morgan fingerprint density at radius 2 is 1.95 bits per heavy atom. The molecule has 0 radical (unpaired) electrons. The summed E-state index contributed by atoms with van der Waals surface area (Å²) < 4.78 is 14.6. The van der Waals surface area contributed by atoms with Gasteiger partial charge in [0.15, 0.2) is 0 Å². The predicted octanol–water partition coefficient (Wildman–Crippen LogP) is 4.22. The third-order valence-corrected chi connectivity index (χ3v) is 3.76. The number of hydrogen-bond acceptors (Lipinski definition) is 2. The van der Waals surface area contributed by atoms with E-state index in [1.54, 1.807) is 30.6 Å². The molecule has 0 aliphatic carbocycles. The maximum Gasteiger partial charge on any atom is 0.130 e. The molecule has 1 heterocycles. The first kappa shape index (κ1) is 13.2. The second-order valence-electron chi connectivity index (χ2n) is 4.51. The summed E-state index contributed by atoms with van der Waals surface area (Å²) >= 11 is 3.21. The van der Waals surface area contributed by atoms with Crippen molar-refractivity contribution in [1.29, 1.82) is 0 Å². The Balaban J connectivity index is 2.15. The van der Waals surface area contributed by atoms with Gasteiger partial charge in [-0.15, -0.1) is 0 Å². The first-order chi connectivity index (χ1) is 9.66. The van der Waals surface area contributed by atoms with Crippen LogP contribution in [0.3, 0.4) is 0 Å². The van der Waals surface area contributed by atoms with Crippen LogP contribution in [0.4, 0.5) is 4.39 Å². The molecule has 0 saturated heterocycles. The monoisotopic (exact) mass is 331 g/mol. The Labute approximate surface area is 124 Å². The van der Waals surface area contributed by atoms with Crippen molar-refractivity contribution in [3.8, 4) is 0 Å². The third kappa shape index (κ3) is 2.32. The Bertz CT molecular complexity index is 770. The number of rotatable bonds is 2. The number of pyridine rings is 1. The van der Waals surface area contributed by atoms with Gasteiger partial charge in [-0.3, -0.25) is 4.98 Å². The number of hydrogen-bond donors (Lipinski definition) is 1. The van der Waals surface area contributed by atoms with Crippen LogP contribution in [0.1, 0.15) is 17.2 Å². The average Bonchev–Trinajstić information content (AvgIpc) is 2.46. The third-order valence-electron chi connectivity index (χ3n) is 3.27. The fourth-order valence-electron chi connectivity index (χ4n) is 2.28. The van der Waals surface area contributed by atoms with Gasteiger partial charge in [0.05, 0.1) is 0 Å². The molecule has 0 amide bonds. The van der Waals surface area contributed by atoms with Crippen LogP contribution < -0.4 is 0 Å². The molecule has 2 nitrogen and oxygen atoms in total. The van der Waals surface area contributed by atoms with Crippen molar-refractivity contribution in [3.05, 3.63) is 76.3 Å². The lowest BCUT2D eigenvalue weighted by atomic mass is 9.96. The van der Waals surface area contributed by atoms with Crippen molar-refractivity contribution in [1.82, 2.24) is 4.98 Å². The molecule has 1 unspecified atom stereocenters. The minimum Gasteiger partial charge on any atom is -0.384 e. The molecule has 0 saturated carbocycles. The van der Waals surface area contributed by atoms with Gasteiger partial charge in [0.1, 0.15) is 11.9 Å². The van der Waals surface area contributed by atoms with Gasteiger partial charge in [-0.05, 0) is 29.1 Å². The number of aliphatic hydroxyl groups is 1. The van der Waals surface area contributed by atoms with Crippen LogP contribution in [-0.4, -0.2) is 10.1 Å². The van der Waals surface area contributed by atoms with Gasteiger partial charge >= 0.3 is 0 Å². The number of halogens is 2. The molecule has 100 valence electrons. The Hall–Kier alpha value is -1.78. The van der Waals surface area contributed by atoms with Gasteiger partial charge in [0.2, 0.25) is 0 Å². The zero-order chi connectivity index (χ0) is 14.1. The van der Waals surface area contributed by atoms with Crippen LogP contribution in [0.25, 0.3) is 10.8 Å². The van der Waals surface area contributed by atoms with Gasteiger partial charge in [-0.1, -0.05) is 40.2 Å². The quantitative estimate of drug-likeness (QED) is 0.762. The largest absolute Gasteiger partial charge is 0.384 e. The van der Waals surface area contributed by atoms with Crippen LogP contribution in [0.2, 0.25) is 0 Å². The summed E-state index contributed by atoms with van der Waals surface area (Å²) in [7, 11) is 0. The van der Waals surface area contributed by atoms with Crippen LogP contribution in [0.15, 0.2) is 59.3 Å². The Kier molecular flexibility index (Phi) is 3.51. The molecule has 0 aliphatic heterocycles. The van der Waals surface area contributed by atoms with E-state index >= 15 is 0 Å². The van der Waals surface area contributed by atoms with Gasteiger partial charge in [0.25, 0.3) is 0 Å². The lowest BCUT2D eigenvalue weighted by Gasteiger charge is -2.15. The smallest absolute Gasteiger partial charge is 0.130 e. The predicted molar refractivity (Wildman–Crippen MR) is 79.9 cm³/mol. The first-order valence-corrected chi connectivity index (χ1v) is 6.92. The van der Waals surface area contributed by atoms with Crippen LogP contribution >= 0.6 is 15.9 Å². The molecule has 2 aromatic carbocycles. The summed E-state index contributed by atoms with van der Waals surface area (Å²) in [6.07, 6.45) is 2.38. The SMILES string of the molecule is OC(c1ccc(Br)cc1F)c1cccc2cnccc12. The van der Waals surface area contributed by atoms with E-state index in [-0.39, 0.29) is 5.56 Å². The Morgan fingerprint density at radius 3 is 2.75 bits per heavy atom. The van der Waals surface area contributed by atoms with E-state index in [0.717, 1.165) is 10.8 Å². The second-order valence-corrected chi connectivity index (χ2v) is 5.43. The van der Waals surface area contributed by atoms with E-state index < -0.39 is 11.9 Å². The summed E-state index contributed by atoms with van der Waals surface area (Å²) in [5.74, 6) is -0.432. The average molecular weight is 332 g/mol. The van der Waals surface area contributed by atoms with E-state index in [2.05, 4.69) is 20.9 Å². The molecule has 3 aromatic rings. The highest BCUT2D eigenvalue weighted by atomic mass is 79.9. The summed E-state index contributed by atoms with van der Waals surface area (Å²) in [6, 6.07) is 12.0. The molecule has 1 N–H and O–H groups in total. The van der Waals surface area contributed by atoms with Gasteiger partial charge < -0.3 is 5.11 Å². The zero-order valence-electron chi connectivity index (χ0n) is 10.4. The minimum atomic E-state index is -1.01. The van der Waals surface area contributed by atoms with Crippen LogP contribution in [-0.2, 0) is 0 Å². The number of nitrogens with zero attached hydrogens (tertiary/aromatic N) is 1. The van der Waals surface area contributed by atoms with Crippen molar-refractivity contribution in [2.24, 2.45) is 0 Å². The topological polar surface area (TPSA) is 33.1 Å². The number of fused-ring (bicyclic) bond motifs is 1. The fraction of sp³-hybridized carbons (Fsp3) is 0.0625. The van der Waals surface area contributed by atoms with E-state index in [4.69, 9.17) is 0 Å². The zero-order valence-corrected chi connectivity index (χ0v) is 12.0. The van der Waals surface area contributed by atoms with Crippen molar-refractivity contribution in [2.75, 3.05) is 0 Å². The lowest BCUT2D eigenvalue weighted by molar-refractivity contribution is 0.216. The molecule has 1 aromatic heterocycles. The van der Waals surface area contributed by atoms with Crippen molar-refractivity contribution in [2.45, 2.75) is 6.10 Å². The van der Waals surface area contributed by atoms with E-state index in [1.165, 1.54) is 6.07 Å². The molecular formula is C16H11BrFNO. The van der Waals surface area contributed by atoms with E-state index in [9.17, 15) is 9.50 Å². The number of aliphatic hydroxyl groups excluding tert-OH is 1. The van der Waals surface area contributed by atoms with E-state index in [1.807, 2.05) is 18.2 Å². The van der Waals surface area contributed by atoms with Gasteiger partial charge in [-0.2, -0.15) is 0 Å². The molecule has 0 bridgehead atoms. The maximum atomic E-state index is 14.0. The molecule has 1 atom stereocenters. The maximum absolute atomic E-state index is 14.0. The highest BCUT2D eigenvalue weighted by Crippen LogP contribution is 2.30. The molecule has 3 rings (SSSR count). The standard InChI is InChI=1S/C16H11BrFNO/c17-11-4-5-14(15(18)8-11)16(20)13-3-1-2-10-9-19-7-6-12(10)13/h1-9,16,20H. The Morgan fingerprint density at radius 1 is 1.10 bits per heavy atom. The molecule has 20 heavy (non-hydrogen) atoms. The fourth-order valence-corrected chi connectivity index (χ4v) is 2.61. The summed E-state index contributed by atoms with van der Waals surface area (Å²) in [5, 5.41) is 12.3. The highest BCUT2D eigenvalue weighted by Gasteiger charge is 2.17. The van der Waals surface area contributed by atoms with Crippen LogP contribution in [0.5, 0.6) is 0 Å². The molecule has 0 spiro atoms. The molecule has 0 fully saturated rings. The minimum absolute atomic E-state index is 0.262. The number of aromatic nitrogens is 1. The van der Waals surface area contributed by atoms with Gasteiger partial charge in [-0.25, -0.2) is 4.39 Å². The van der Waals surface area contributed by atoms with Crippen LogP contribution in [0, 0.1) is 5.82 Å². The van der Waals surface area contributed by atoms with Crippen molar-refractivity contribution < 1.29 is 9.50 Å².